The molecule has 4 saturated carbocycles. The summed E-state index contributed by atoms with van der Waals surface area (Å²) in [5.41, 5.74) is 1.03. The van der Waals surface area contributed by atoms with Crippen molar-refractivity contribution in [3.05, 3.63) is 11.2 Å². The summed E-state index contributed by atoms with van der Waals surface area (Å²) in [4.78, 5) is 12.7. The number of nitrogens with zero attached hydrogens (tertiary/aromatic N) is 1. The summed E-state index contributed by atoms with van der Waals surface area (Å²) < 4.78 is 31.1. The molecule has 0 aromatic carbocycles. The molecule has 0 heterocycles. The average Bonchev–Trinajstić information content (AvgIpc) is 3.20. The molecule has 4 fully saturated rings. The van der Waals surface area contributed by atoms with E-state index >= 15 is 0 Å². The molecule has 4 unspecified atom stereocenters. The van der Waals surface area contributed by atoms with Gasteiger partial charge in [-0.15, -0.1) is 0 Å². The molecule has 0 aromatic heterocycles. The smallest absolute Gasteiger partial charge is 0.291 e. The van der Waals surface area contributed by atoms with E-state index in [0.29, 0.717) is 46.1 Å². The van der Waals surface area contributed by atoms with E-state index in [-0.39, 0.29) is 18.2 Å². The van der Waals surface area contributed by atoms with E-state index in [1.54, 1.807) is 0 Å². The van der Waals surface area contributed by atoms with Crippen LogP contribution in [0, 0.1) is 46.3 Å². The molecule has 0 saturated heterocycles. The molecule has 1 amide bonds. The molecular formula is C32H57N2O5S+. The zero-order chi connectivity index (χ0) is 29.3. The summed E-state index contributed by atoms with van der Waals surface area (Å²) in [7, 11) is -0.601. The second kappa shape index (κ2) is 12.2. The Hall–Kier alpha value is -1.12. The number of hydrogen-bond acceptors (Lipinski definition) is 4. The van der Waals surface area contributed by atoms with Crippen molar-refractivity contribution in [3.63, 3.8) is 0 Å². The molecule has 4 aliphatic rings. The molecule has 230 valence electrons. The Labute approximate surface area is 243 Å². The number of amides is 1. The van der Waals surface area contributed by atoms with Crippen LogP contribution in [-0.2, 0) is 14.9 Å². The Balaban J connectivity index is 1.21. The third-order valence-corrected chi connectivity index (χ3v) is 12.9. The Morgan fingerprint density at radius 1 is 1.02 bits per heavy atom. The number of aliphatic hydroxyl groups excluding tert-OH is 1. The molecule has 0 aromatic rings. The number of carbonyl (C=O) groups is 1. The molecule has 4 aliphatic carbocycles. The van der Waals surface area contributed by atoms with Gasteiger partial charge in [0.1, 0.15) is 12.0 Å². The van der Waals surface area contributed by atoms with Crippen LogP contribution in [-0.4, -0.2) is 62.2 Å². The largest absolute Gasteiger partial charge is 0.506 e. The van der Waals surface area contributed by atoms with Gasteiger partial charge in [-0.05, 0) is 104 Å². The van der Waals surface area contributed by atoms with Gasteiger partial charge in [0.15, 0.2) is 5.76 Å². The first-order valence-electron chi connectivity index (χ1n) is 16.1. The standard InChI is InChI=1S/C32H56N2O5S/c1-23(10-15-30(36)33-19-8-20-34(4,5)21-25(35)22-40(37,38)39)27-13-14-28-26-12-11-24-9-6-7-17-31(24,2)29(26)16-18-32(27,28)3/h22-24,26-29H,6-21H2,1-5H3,(H2-,33,35,36,37,38,39)/p+1/t23-,24?,26?,27-,28?,29?,31+,32-/m1/s1. The van der Waals surface area contributed by atoms with Crippen molar-refractivity contribution in [3.8, 4) is 0 Å². The highest BCUT2D eigenvalue weighted by atomic mass is 32.2. The maximum Gasteiger partial charge on any atom is 0.291 e. The first-order chi connectivity index (χ1) is 18.6. The molecule has 0 aliphatic heterocycles. The highest BCUT2D eigenvalue weighted by Gasteiger charge is 2.60. The number of likely N-dealkylation sites (N-methyl/N-ethyl adjacent to an activating group) is 1. The lowest BCUT2D eigenvalue weighted by Gasteiger charge is -2.61. The molecule has 8 atom stereocenters. The third kappa shape index (κ3) is 7.08. The summed E-state index contributed by atoms with van der Waals surface area (Å²) in [6.07, 6.45) is 16.5. The molecule has 0 bridgehead atoms. The molecule has 3 N–H and O–H groups in total. The van der Waals surface area contributed by atoms with Crippen molar-refractivity contribution >= 4 is 16.0 Å². The van der Waals surface area contributed by atoms with Crippen LogP contribution in [0.15, 0.2) is 11.2 Å². The van der Waals surface area contributed by atoms with E-state index in [4.69, 9.17) is 4.55 Å². The number of aliphatic hydroxyl groups is 1. The molecule has 8 heteroatoms. The zero-order valence-corrected chi connectivity index (χ0v) is 26.6. The topological polar surface area (TPSA) is 104 Å². The van der Waals surface area contributed by atoms with Crippen molar-refractivity contribution < 1.29 is 27.4 Å². The van der Waals surface area contributed by atoms with Gasteiger partial charge in [-0.3, -0.25) is 9.35 Å². The van der Waals surface area contributed by atoms with Crippen LogP contribution in [0.2, 0.25) is 0 Å². The maximum atomic E-state index is 12.7. The van der Waals surface area contributed by atoms with Gasteiger partial charge in [-0.2, -0.15) is 8.42 Å². The minimum atomic E-state index is -4.35. The van der Waals surface area contributed by atoms with E-state index in [0.717, 1.165) is 42.4 Å². The SMILES string of the molecule is C[C@H](CCC(=O)NCCC[N+](C)(C)CC(O)=CS(=O)(=O)O)[C@H]1CCC2C3CCC4CCCC[C@]4(C)C3CC[C@@]21C. The lowest BCUT2D eigenvalue weighted by Crippen LogP contribution is -2.53. The number of nitrogens with one attached hydrogen (secondary N) is 1. The monoisotopic (exact) mass is 581 g/mol. The van der Waals surface area contributed by atoms with Gasteiger partial charge >= 0.3 is 0 Å². The first-order valence-corrected chi connectivity index (χ1v) is 17.6. The number of rotatable bonds is 11. The van der Waals surface area contributed by atoms with Crippen molar-refractivity contribution in [1.29, 1.82) is 0 Å². The first kappa shape index (κ1) is 31.8. The Kier molecular flexibility index (Phi) is 9.73. The molecule has 0 radical (unpaired) electrons. The van der Waals surface area contributed by atoms with Crippen LogP contribution in [0.5, 0.6) is 0 Å². The van der Waals surface area contributed by atoms with Crippen LogP contribution in [0.25, 0.3) is 0 Å². The van der Waals surface area contributed by atoms with Gasteiger partial charge in [0.25, 0.3) is 10.1 Å². The van der Waals surface area contributed by atoms with Crippen LogP contribution >= 0.6 is 0 Å². The number of carbonyl (C=O) groups excluding carboxylic acids is 1. The highest BCUT2D eigenvalue weighted by Crippen LogP contribution is 2.68. The quantitative estimate of drug-likeness (QED) is 0.115. The van der Waals surface area contributed by atoms with E-state index in [1.807, 2.05) is 14.1 Å². The highest BCUT2D eigenvalue weighted by molar-refractivity contribution is 7.88. The Morgan fingerprint density at radius 2 is 1.75 bits per heavy atom. The molecular weight excluding hydrogens is 524 g/mol. The minimum Gasteiger partial charge on any atom is -0.506 e. The van der Waals surface area contributed by atoms with Gasteiger partial charge in [-0.1, -0.05) is 33.6 Å². The molecule has 0 spiro atoms. The summed E-state index contributed by atoms with van der Waals surface area (Å²) in [6, 6.07) is 0. The summed E-state index contributed by atoms with van der Waals surface area (Å²) in [6.45, 7) is 8.97. The maximum absolute atomic E-state index is 12.7. The van der Waals surface area contributed by atoms with Gasteiger partial charge in [0, 0.05) is 19.4 Å². The van der Waals surface area contributed by atoms with E-state index < -0.39 is 10.1 Å². The van der Waals surface area contributed by atoms with Crippen molar-refractivity contribution in [2.75, 3.05) is 33.7 Å². The van der Waals surface area contributed by atoms with E-state index in [9.17, 15) is 18.3 Å². The predicted molar refractivity (Wildman–Crippen MR) is 160 cm³/mol. The summed E-state index contributed by atoms with van der Waals surface area (Å²) in [5.74, 6) is 4.73. The van der Waals surface area contributed by atoms with Gasteiger partial charge < -0.3 is 14.9 Å². The lowest BCUT2D eigenvalue weighted by atomic mass is 9.44. The second-order valence-corrected chi connectivity index (χ2v) is 16.6. The van der Waals surface area contributed by atoms with Gasteiger partial charge in [0.2, 0.25) is 5.91 Å². The summed E-state index contributed by atoms with van der Waals surface area (Å²) in [5, 5.41) is 13.4. The number of quaternary nitrogens is 1. The van der Waals surface area contributed by atoms with Gasteiger partial charge in [-0.25, -0.2) is 0 Å². The summed E-state index contributed by atoms with van der Waals surface area (Å²) >= 11 is 0. The van der Waals surface area contributed by atoms with Crippen molar-refractivity contribution in [1.82, 2.24) is 5.32 Å². The lowest BCUT2D eigenvalue weighted by molar-refractivity contribution is -0.886. The molecule has 40 heavy (non-hydrogen) atoms. The fourth-order valence-corrected chi connectivity index (χ4v) is 10.8. The minimum absolute atomic E-state index is 0.0911. The Bertz CT molecular complexity index is 1040. The van der Waals surface area contributed by atoms with Crippen molar-refractivity contribution in [2.24, 2.45) is 46.3 Å². The zero-order valence-electron chi connectivity index (χ0n) is 25.8. The van der Waals surface area contributed by atoms with Crippen LogP contribution < -0.4 is 5.32 Å². The Morgan fingerprint density at radius 3 is 2.48 bits per heavy atom. The number of fused-ring (bicyclic) bond motifs is 5. The fraction of sp³-hybridized carbons (Fsp3) is 0.906. The normalized spacial score (nSPS) is 37.2. The van der Waals surface area contributed by atoms with Crippen molar-refractivity contribution in [2.45, 2.75) is 104 Å². The average molecular weight is 582 g/mol. The predicted octanol–water partition coefficient (Wildman–Crippen LogP) is 6.32. The van der Waals surface area contributed by atoms with Crippen LogP contribution in [0.3, 0.4) is 0 Å². The van der Waals surface area contributed by atoms with Crippen LogP contribution in [0.4, 0.5) is 0 Å². The van der Waals surface area contributed by atoms with Gasteiger partial charge in [0.05, 0.1) is 20.6 Å². The fourth-order valence-electron chi connectivity index (χ4n) is 10.4. The third-order valence-electron chi connectivity index (χ3n) is 12.3. The van der Waals surface area contributed by atoms with E-state index in [2.05, 4.69) is 26.1 Å². The number of hydrogen-bond donors (Lipinski definition) is 3. The second-order valence-electron chi connectivity index (χ2n) is 15.3. The van der Waals surface area contributed by atoms with E-state index in [1.165, 1.54) is 64.2 Å². The van der Waals surface area contributed by atoms with Crippen LogP contribution in [0.1, 0.15) is 104 Å². The molecule has 7 nitrogen and oxygen atoms in total. The molecule has 4 rings (SSSR count).